The Hall–Kier alpha value is -0.700. The summed E-state index contributed by atoms with van der Waals surface area (Å²) in [6.45, 7) is 7.14. The molecule has 0 rings (SSSR count). The van der Waals surface area contributed by atoms with E-state index in [1.54, 1.807) is 0 Å². The van der Waals surface area contributed by atoms with Gasteiger partial charge in [-0.15, -0.1) is 0 Å². The summed E-state index contributed by atoms with van der Waals surface area (Å²) in [6, 6.07) is 0. The van der Waals surface area contributed by atoms with Crippen LogP contribution in [0.4, 0.5) is 0 Å². The second kappa shape index (κ2) is 30.6. The average Bonchev–Trinajstić information content (AvgIpc) is 2.99. The van der Waals surface area contributed by atoms with Crippen LogP contribution >= 0.6 is 0 Å². The van der Waals surface area contributed by atoms with E-state index in [0.29, 0.717) is 23.9 Å². The van der Waals surface area contributed by atoms with Crippen LogP contribution in [0.1, 0.15) is 226 Å². The zero-order chi connectivity index (χ0) is 33.5. The van der Waals surface area contributed by atoms with Crippen molar-refractivity contribution in [1.29, 1.82) is 0 Å². The van der Waals surface area contributed by atoms with Gasteiger partial charge in [-0.25, -0.2) is 0 Å². The van der Waals surface area contributed by atoms with Crippen molar-refractivity contribution in [2.45, 2.75) is 226 Å². The van der Waals surface area contributed by atoms with E-state index < -0.39 is 5.41 Å². The van der Waals surface area contributed by atoms with Gasteiger partial charge in [0.2, 0.25) is 0 Å². The predicted molar refractivity (Wildman–Crippen MR) is 200 cm³/mol. The molecule has 0 bridgehead atoms. The second-order valence-electron chi connectivity index (χ2n) is 16.0. The zero-order valence-corrected chi connectivity index (χ0v) is 32.1. The van der Waals surface area contributed by atoms with Gasteiger partial charge in [-0.2, -0.15) is 0 Å². The summed E-state index contributed by atoms with van der Waals surface area (Å²) in [5.41, 5.74) is -0.829. The van der Waals surface area contributed by atoms with Gasteiger partial charge >= 0.3 is 0 Å². The lowest BCUT2D eigenvalue weighted by Gasteiger charge is -2.35. The van der Waals surface area contributed by atoms with Crippen LogP contribution in [-0.4, -0.2) is 43.7 Å². The van der Waals surface area contributed by atoms with E-state index in [-0.39, 0.29) is 11.6 Å². The van der Waals surface area contributed by atoms with Gasteiger partial charge in [0, 0.05) is 12.8 Å². The van der Waals surface area contributed by atoms with Gasteiger partial charge in [-0.1, -0.05) is 194 Å². The molecule has 0 saturated heterocycles. The normalized spacial score (nSPS) is 12.2. The van der Waals surface area contributed by atoms with Crippen molar-refractivity contribution < 1.29 is 14.1 Å². The highest BCUT2D eigenvalue weighted by Crippen LogP contribution is 2.28. The molecular weight excluding hydrogens is 550 g/mol. The smallest absolute Gasteiger partial charge is 0.151 e. The fraction of sp³-hybridized carbons (Fsp3) is 0.952. The fourth-order valence-corrected chi connectivity index (χ4v) is 7.15. The minimum absolute atomic E-state index is 0.191. The van der Waals surface area contributed by atoms with E-state index in [9.17, 15) is 9.59 Å². The van der Waals surface area contributed by atoms with Crippen LogP contribution in [0.3, 0.4) is 0 Å². The molecule has 0 unspecified atom stereocenters. The minimum Gasteiger partial charge on any atom is -0.330 e. The Morgan fingerprint density at radius 1 is 0.378 bits per heavy atom. The molecule has 0 aliphatic heterocycles. The van der Waals surface area contributed by atoms with Crippen LogP contribution in [0, 0.1) is 5.41 Å². The van der Waals surface area contributed by atoms with Crippen molar-refractivity contribution in [3.05, 3.63) is 0 Å². The van der Waals surface area contributed by atoms with E-state index in [4.69, 9.17) is 0 Å². The summed E-state index contributed by atoms with van der Waals surface area (Å²) in [5, 5.41) is 0. The molecule has 0 N–H and O–H groups in total. The van der Waals surface area contributed by atoms with Crippen molar-refractivity contribution in [3.8, 4) is 0 Å². The molecule has 0 aliphatic carbocycles. The first-order chi connectivity index (χ1) is 21.7. The maximum absolute atomic E-state index is 13.4. The Bertz CT molecular complexity index is 618. The maximum Gasteiger partial charge on any atom is 0.151 e. The van der Waals surface area contributed by atoms with Gasteiger partial charge in [0.05, 0.1) is 27.7 Å². The number of hydrogen-bond acceptors (Lipinski definition) is 2. The number of rotatable bonds is 36. The van der Waals surface area contributed by atoms with Gasteiger partial charge in [0.15, 0.2) is 11.6 Å². The summed E-state index contributed by atoms with van der Waals surface area (Å²) >= 11 is 0. The molecule has 0 aliphatic rings. The Balaban J connectivity index is 4.01. The average molecular weight is 635 g/mol. The molecule has 0 amide bonds. The molecule has 0 heterocycles. The molecular formula is C42H84NO2+. The highest BCUT2D eigenvalue weighted by molar-refractivity contribution is 6.06. The first-order valence-corrected chi connectivity index (χ1v) is 20.5. The Kier molecular flexibility index (Phi) is 30.1. The Morgan fingerprint density at radius 3 is 0.778 bits per heavy atom. The van der Waals surface area contributed by atoms with Gasteiger partial charge < -0.3 is 4.48 Å². The molecule has 0 aromatic rings. The first kappa shape index (κ1) is 44.3. The standard InChI is InChI=1S/C42H84NO2/c1-7-9-11-13-15-17-19-21-23-25-27-29-31-33-35-37-40(44)42(3,39-43(4,5)6)41(45)38-36-34-32-30-28-26-24-22-20-18-16-14-12-10-8-2/h7-39H2,1-6H3/q+1. The summed E-state index contributed by atoms with van der Waals surface area (Å²) in [4.78, 5) is 26.9. The Morgan fingerprint density at radius 2 is 0.578 bits per heavy atom. The summed E-state index contributed by atoms with van der Waals surface area (Å²) < 4.78 is 0.658. The SMILES string of the molecule is CCCCCCCCCCCCCCCCCC(=O)C(C)(C[N+](C)(C)C)C(=O)CCCCCCCCCCCCCCCCC. The van der Waals surface area contributed by atoms with Crippen LogP contribution < -0.4 is 0 Å². The number of hydrogen-bond donors (Lipinski definition) is 0. The van der Waals surface area contributed by atoms with Crippen molar-refractivity contribution in [2.24, 2.45) is 5.41 Å². The fourth-order valence-electron chi connectivity index (χ4n) is 7.15. The highest BCUT2D eigenvalue weighted by atomic mass is 16.2. The molecule has 0 aromatic heterocycles. The van der Waals surface area contributed by atoms with Crippen LogP contribution in [0.25, 0.3) is 0 Å². The second-order valence-corrected chi connectivity index (χ2v) is 16.0. The van der Waals surface area contributed by atoms with E-state index in [1.165, 1.54) is 167 Å². The first-order valence-electron chi connectivity index (χ1n) is 20.5. The molecule has 0 fully saturated rings. The lowest BCUT2D eigenvalue weighted by Crippen LogP contribution is -2.51. The van der Waals surface area contributed by atoms with Crippen molar-refractivity contribution in [2.75, 3.05) is 27.7 Å². The van der Waals surface area contributed by atoms with E-state index in [1.807, 2.05) is 6.92 Å². The molecule has 0 spiro atoms. The molecule has 268 valence electrons. The third kappa shape index (κ3) is 28.1. The third-order valence-electron chi connectivity index (χ3n) is 10.0. The predicted octanol–water partition coefficient (Wildman–Crippen LogP) is 13.4. The van der Waals surface area contributed by atoms with E-state index in [0.717, 1.165) is 25.7 Å². The van der Waals surface area contributed by atoms with Gasteiger partial charge in [-0.05, 0) is 19.8 Å². The van der Waals surface area contributed by atoms with E-state index >= 15 is 0 Å². The van der Waals surface area contributed by atoms with Crippen molar-refractivity contribution >= 4 is 11.6 Å². The number of quaternary nitrogens is 1. The zero-order valence-electron chi connectivity index (χ0n) is 32.1. The van der Waals surface area contributed by atoms with Gasteiger partial charge in [-0.3, -0.25) is 9.59 Å². The number of nitrogens with zero attached hydrogens (tertiary/aromatic N) is 1. The summed E-state index contributed by atoms with van der Waals surface area (Å²) in [7, 11) is 6.33. The highest BCUT2D eigenvalue weighted by Gasteiger charge is 2.43. The number of carbonyl (C=O) groups is 2. The molecule has 0 aromatic carbocycles. The van der Waals surface area contributed by atoms with Crippen LogP contribution in [0.15, 0.2) is 0 Å². The summed E-state index contributed by atoms with van der Waals surface area (Å²) in [5.74, 6) is 0.382. The molecule has 3 nitrogen and oxygen atoms in total. The summed E-state index contributed by atoms with van der Waals surface area (Å²) in [6.07, 6.45) is 41.0. The van der Waals surface area contributed by atoms with Crippen molar-refractivity contribution in [1.82, 2.24) is 0 Å². The molecule has 0 saturated carbocycles. The van der Waals surface area contributed by atoms with Crippen LogP contribution in [-0.2, 0) is 9.59 Å². The number of ketones is 2. The molecule has 3 heteroatoms. The largest absolute Gasteiger partial charge is 0.330 e. The quantitative estimate of drug-likeness (QED) is 0.0390. The van der Waals surface area contributed by atoms with E-state index in [2.05, 4.69) is 35.0 Å². The number of Topliss-reactive ketones (excluding diaryl/α,β-unsaturated/α-hetero) is 2. The van der Waals surface area contributed by atoms with Crippen LogP contribution in [0.5, 0.6) is 0 Å². The lowest BCUT2D eigenvalue weighted by molar-refractivity contribution is -0.874. The van der Waals surface area contributed by atoms with Crippen molar-refractivity contribution in [3.63, 3.8) is 0 Å². The van der Waals surface area contributed by atoms with Crippen LogP contribution in [0.2, 0.25) is 0 Å². The third-order valence-corrected chi connectivity index (χ3v) is 10.0. The van der Waals surface area contributed by atoms with Gasteiger partial charge in [0.1, 0.15) is 5.41 Å². The monoisotopic (exact) mass is 635 g/mol. The topological polar surface area (TPSA) is 34.1 Å². The maximum atomic E-state index is 13.4. The molecule has 0 atom stereocenters. The number of carbonyl (C=O) groups excluding carboxylic acids is 2. The molecule has 45 heavy (non-hydrogen) atoms. The minimum atomic E-state index is -0.829. The van der Waals surface area contributed by atoms with Gasteiger partial charge in [0.25, 0.3) is 0 Å². The number of unbranched alkanes of at least 4 members (excludes halogenated alkanes) is 28. The Labute approximate surface area is 284 Å². The molecule has 0 radical (unpaired) electrons. The lowest BCUT2D eigenvalue weighted by atomic mass is 9.76.